The number of hydrogen-bond acceptors (Lipinski definition) is 4. The van der Waals surface area contributed by atoms with Crippen LogP contribution in [0.4, 0.5) is 15.8 Å². The van der Waals surface area contributed by atoms with Gasteiger partial charge in [-0.05, 0) is 42.5 Å². The van der Waals surface area contributed by atoms with Crippen molar-refractivity contribution in [2.24, 2.45) is 0 Å². The molecule has 0 aliphatic heterocycles. The smallest absolute Gasteiger partial charge is 0.255 e. The predicted molar refractivity (Wildman–Crippen MR) is 113 cm³/mol. The van der Waals surface area contributed by atoms with Gasteiger partial charge in [0.1, 0.15) is 17.3 Å². The molecular weight excluding hydrogens is 387 g/mol. The van der Waals surface area contributed by atoms with Crippen LogP contribution in [0.15, 0.2) is 66.7 Å². The largest absolute Gasteiger partial charge is 0.497 e. The Hall–Kier alpha value is -3.87. The third-order valence-electron chi connectivity index (χ3n) is 4.34. The Morgan fingerprint density at radius 2 is 1.60 bits per heavy atom. The van der Waals surface area contributed by atoms with Crippen LogP contribution < -0.4 is 20.1 Å². The van der Waals surface area contributed by atoms with Gasteiger partial charge in [-0.2, -0.15) is 0 Å². The lowest BCUT2D eigenvalue weighted by molar-refractivity contribution is -0.115. The summed E-state index contributed by atoms with van der Waals surface area (Å²) in [5.74, 6) is 0.0678. The number of carbonyl (C=O) groups is 2. The molecule has 0 aliphatic rings. The number of nitrogens with one attached hydrogen (secondary N) is 2. The van der Waals surface area contributed by atoms with E-state index in [1.807, 2.05) is 0 Å². The molecule has 0 aliphatic carbocycles. The predicted octanol–water partition coefficient (Wildman–Crippen LogP) is 4.28. The van der Waals surface area contributed by atoms with Gasteiger partial charge in [0.15, 0.2) is 0 Å². The molecule has 7 heteroatoms. The fourth-order valence-corrected chi connectivity index (χ4v) is 2.88. The highest BCUT2D eigenvalue weighted by Gasteiger charge is 2.12. The summed E-state index contributed by atoms with van der Waals surface area (Å²) < 4.78 is 23.8. The Kier molecular flexibility index (Phi) is 6.64. The lowest BCUT2D eigenvalue weighted by Gasteiger charge is -2.11. The summed E-state index contributed by atoms with van der Waals surface area (Å²) in [6.45, 7) is 0. The zero-order chi connectivity index (χ0) is 21.5. The first-order valence-electron chi connectivity index (χ1n) is 9.16. The SMILES string of the molecule is COc1ccc(CC(=O)Nc2cccc(C(=O)Nc3cccc(F)c3)c2)c(OC)c1. The Morgan fingerprint density at radius 1 is 0.867 bits per heavy atom. The van der Waals surface area contributed by atoms with E-state index in [4.69, 9.17) is 9.47 Å². The number of amides is 2. The van der Waals surface area contributed by atoms with E-state index in [0.717, 1.165) is 0 Å². The molecule has 0 atom stereocenters. The average Bonchev–Trinajstić information content (AvgIpc) is 2.74. The van der Waals surface area contributed by atoms with Crippen LogP contribution >= 0.6 is 0 Å². The lowest BCUT2D eigenvalue weighted by atomic mass is 10.1. The van der Waals surface area contributed by atoms with E-state index in [1.165, 1.54) is 25.3 Å². The molecule has 6 nitrogen and oxygen atoms in total. The molecule has 2 amide bonds. The minimum atomic E-state index is -0.442. The second-order valence-electron chi connectivity index (χ2n) is 6.45. The molecule has 2 N–H and O–H groups in total. The minimum absolute atomic E-state index is 0.0902. The summed E-state index contributed by atoms with van der Waals surface area (Å²) in [7, 11) is 3.08. The first kappa shape index (κ1) is 20.9. The Labute approximate surface area is 173 Å². The van der Waals surface area contributed by atoms with E-state index in [1.54, 1.807) is 55.6 Å². The van der Waals surface area contributed by atoms with Gasteiger partial charge < -0.3 is 20.1 Å². The van der Waals surface area contributed by atoms with Crippen LogP contribution in [0.5, 0.6) is 11.5 Å². The quantitative estimate of drug-likeness (QED) is 0.612. The van der Waals surface area contributed by atoms with Crippen LogP contribution in [0.25, 0.3) is 0 Å². The van der Waals surface area contributed by atoms with E-state index in [-0.39, 0.29) is 12.3 Å². The third-order valence-corrected chi connectivity index (χ3v) is 4.34. The van der Waals surface area contributed by atoms with Crippen molar-refractivity contribution < 1.29 is 23.5 Å². The molecule has 154 valence electrons. The fourth-order valence-electron chi connectivity index (χ4n) is 2.88. The van der Waals surface area contributed by atoms with Crippen LogP contribution in [0.1, 0.15) is 15.9 Å². The molecule has 3 rings (SSSR count). The zero-order valence-electron chi connectivity index (χ0n) is 16.6. The highest BCUT2D eigenvalue weighted by molar-refractivity contribution is 6.05. The molecule has 0 radical (unpaired) electrons. The highest BCUT2D eigenvalue weighted by Crippen LogP contribution is 2.25. The maximum absolute atomic E-state index is 13.3. The summed E-state index contributed by atoms with van der Waals surface area (Å²) in [5, 5.41) is 5.40. The molecule has 0 saturated carbocycles. The van der Waals surface area contributed by atoms with Crippen molar-refractivity contribution in [2.75, 3.05) is 24.9 Å². The molecule has 0 bridgehead atoms. The van der Waals surface area contributed by atoms with E-state index >= 15 is 0 Å². The van der Waals surface area contributed by atoms with Gasteiger partial charge in [-0.15, -0.1) is 0 Å². The van der Waals surface area contributed by atoms with Crippen LogP contribution in [-0.4, -0.2) is 26.0 Å². The van der Waals surface area contributed by atoms with Crippen molar-refractivity contribution in [1.29, 1.82) is 0 Å². The number of rotatable bonds is 7. The van der Waals surface area contributed by atoms with Crippen LogP contribution in [-0.2, 0) is 11.2 Å². The molecule has 0 spiro atoms. The van der Waals surface area contributed by atoms with Gasteiger partial charge in [-0.3, -0.25) is 9.59 Å². The normalized spacial score (nSPS) is 10.2. The Bertz CT molecular complexity index is 1070. The topological polar surface area (TPSA) is 76.7 Å². The molecule has 0 unspecified atom stereocenters. The molecular formula is C23H21FN2O4. The Balaban J connectivity index is 1.67. The van der Waals surface area contributed by atoms with Crippen LogP contribution in [0, 0.1) is 5.82 Å². The average molecular weight is 408 g/mol. The number of halogens is 1. The van der Waals surface area contributed by atoms with Crippen LogP contribution in [0.2, 0.25) is 0 Å². The van der Waals surface area contributed by atoms with Crippen molar-refractivity contribution in [2.45, 2.75) is 6.42 Å². The monoisotopic (exact) mass is 408 g/mol. The maximum Gasteiger partial charge on any atom is 0.255 e. The zero-order valence-corrected chi connectivity index (χ0v) is 16.6. The summed E-state index contributed by atoms with van der Waals surface area (Å²) >= 11 is 0. The third kappa shape index (κ3) is 5.35. The molecule has 0 heterocycles. The Morgan fingerprint density at radius 3 is 2.30 bits per heavy atom. The van der Waals surface area contributed by atoms with Crippen LogP contribution in [0.3, 0.4) is 0 Å². The van der Waals surface area contributed by atoms with Crippen molar-refractivity contribution >= 4 is 23.2 Å². The number of anilines is 2. The second kappa shape index (κ2) is 9.56. The molecule has 0 saturated heterocycles. The van der Waals surface area contributed by atoms with Crippen molar-refractivity contribution in [3.05, 3.63) is 83.7 Å². The van der Waals surface area contributed by atoms with E-state index in [2.05, 4.69) is 10.6 Å². The number of ether oxygens (including phenoxy) is 2. The lowest BCUT2D eigenvalue weighted by Crippen LogP contribution is -2.16. The maximum atomic E-state index is 13.3. The van der Waals surface area contributed by atoms with E-state index < -0.39 is 11.7 Å². The minimum Gasteiger partial charge on any atom is -0.497 e. The van der Waals surface area contributed by atoms with Crippen molar-refractivity contribution in [1.82, 2.24) is 0 Å². The molecule has 3 aromatic carbocycles. The standard InChI is InChI=1S/C23H21FN2O4/c1-29-20-10-9-15(21(14-20)30-2)12-22(27)25-18-7-3-5-16(11-18)23(28)26-19-8-4-6-17(24)13-19/h3-11,13-14H,12H2,1-2H3,(H,25,27)(H,26,28). The highest BCUT2D eigenvalue weighted by atomic mass is 19.1. The summed E-state index contributed by atoms with van der Waals surface area (Å²) in [6, 6.07) is 17.3. The molecule has 3 aromatic rings. The number of hydrogen-bond donors (Lipinski definition) is 2. The number of methoxy groups -OCH3 is 2. The molecule has 30 heavy (non-hydrogen) atoms. The molecule has 0 fully saturated rings. The van der Waals surface area contributed by atoms with Gasteiger partial charge in [0.05, 0.1) is 20.6 Å². The van der Waals surface area contributed by atoms with Gasteiger partial charge in [0, 0.05) is 28.6 Å². The van der Waals surface area contributed by atoms with Crippen molar-refractivity contribution in [3.8, 4) is 11.5 Å². The van der Waals surface area contributed by atoms with E-state index in [9.17, 15) is 14.0 Å². The van der Waals surface area contributed by atoms with Gasteiger partial charge >= 0.3 is 0 Å². The van der Waals surface area contributed by atoms with Crippen molar-refractivity contribution in [3.63, 3.8) is 0 Å². The molecule has 0 aromatic heterocycles. The van der Waals surface area contributed by atoms with Gasteiger partial charge in [-0.25, -0.2) is 4.39 Å². The fraction of sp³-hybridized carbons (Fsp3) is 0.130. The summed E-state index contributed by atoms with van der Waals surface area (Å²) in [6.07, 6.45) is 0.0902. The van der Waals surface area contributed by atoms with Gasteiger partial charge in [0.25, 0.3) is 5.91 Å². The van der Waals surface area contributed by atoms with Gasteiger partial charge in [-0.1, -0.05) is 18.2 Å². The first-order chi connectivity index (χ1) is 14.5. The first-order valence-corrected chi connectivity index (χ1v) is 9.16. The second-order valence-corrected chi connectivity index (χ2v) is 6.45. The van der Waals surface area contributed by atoms with E-state index in [0.29, 0.717) is 34.0 Å². The summed E-state index contributed by atoms with van der Waals surface area (Å²) in [5.41, 5.74) is 1.86. The number of benzene rings is 3. The number of carbonyl (C=O) groups excluding carboxylic acids is 2. The summed E-state index contributed by atoms with van der Waals surface area (Å²) in [4.78, 5) is 24.9. The van der Waals surface area contributed by atoms with Gasteiger partial charge in [0.2, 0.25) is 5.91 Å².